The topological polar surface area (TPSA) is 114 Å². The van der Waals surface area contributed by atoms with Crippen LogP contribution in [-0.2, 0) is 0 Å². The summed E-state index contributed by atoms with van der Waals surface area (Å²) in [6, 6.07) is 6.16. The molecular weight excluding hydrogens is 278 g/mol. The summed E-state index contributed by atoms with van der Waals surface area (Å²) in [6.45, 7) is 0. The van der Waals surface area contributed by atoms with Crippen LogP contribution < -0.4 is 4.74 Å². The Labute approximate surface area is 117 Å². The molecule has 2 heterocycles. The Morgan fingerprint density at radius 3 is 2.90 bits per heavy atom. The van der Waals surface area contributed by atoms with Crippen LogP contribution in [0.15, 0.2) is 36.7 Å². The Morgan fingerprint density at radius 2 is 2.24 bits per heavy atom. The van der Waals surface area contributed by atoms with Crippen molar-refractivity contribution in [2.75, 3.05) is 7.11 Å². The molecule has 2 aromatic heterocycles. The van der Waals surface area contributed by atoms with E-state index in [1.54, 1.807) is 24.5 Å². The molecule has 0 unspecified atom stereocenters. The Morgan fingerprint density at radius 1 is 1.38 bits per heavy atom. The van der Waals surface area contributed by atoms with Crippen molar-refractivity contribution >= 4 is 5.69 Å². The van der Waals surface area contributed by atoms with Gasteiger partial charge in [0.15, 0.2) is 5.75 Å². The van der Waals surface area contributed by atoms with Gasteiger partial charge in [-0.15, -0.1) is 0 Å². The zero-order chi connectivity index (χ0) is 14.8. The van der Waals surface area contributed by atoms with Crippen LogP contribution in [0.25, 0.3) is 11.6 Å². The van der Waals surface area contributed by atoms with Crippen LogP contribution >= 0.6 is 0 Å². The summed E-state index contributed by atoms with van der Waals surface area (Å²) in [5.41, 5.74) is 0.259. The van der Waals surface area contributed by atoms with E-state index in [2.05, 4.69) is 20.6 Å². The van der Waals surface area contributed by atoms with E-state index in [0.29, 0.717) is 11.6 Å². The first kappa shape index (κ1) is 12.7. The molecule has 21 heavy (non-hydrogen) atoms. The Kier molecular flexibility index (Phi) is 3.03. The number of nitrogens with zero attached hydrogens (tertiary/aromatic N) is 7. The SMILES string of the molecule is COc1ccc(-n2nnnc2-n2cccn2)cc1[N+](=O)[O-]. The number of nitro groups is 1. The average Bonchev–Trinajstić information content (AvgIpc) is 3.16. The first-order valence-electron chi connectivity index (χ1n) is 5.82. The second kappa shape index (κ2) is 5.00. The number of rotatable bonds is 4. The maximum atomic E-state index is 11.1. The smallest absolute Gasteiger partial charge is 0.313 e. The van der Waals surface area contributed by atoms with Crippen molar-refractivity contribution in [2.45, 2.75) is 0 Å². The molecule has 1 aromatic carbocycles. The van der Waals surface area contributed by atoms with Crippen molar-refractivity contribution in [1.82, 2.24) is 30.0 Å². The maximum absolute atomic E-state index is 11.1. The molecule has 0 atom stereocenters. The summed E-state index contributed by atoms with van der Waals surface area (Å²) in [7, 11) is 1.37. The molecule has 0 fully saturated rings. The van der Waals surface area contributed by atoms with E-state index in [1.165, 1.54) is 28.6 Å². The number of aromatic nitrogens is 6. The summed E-state index contributed by atoms with van der Waals surface area (Å²) >= 11 is 0. The number of methoxy groups -OCH3 is 1. The van der Waals surface area contributed by atoms with Crippen LogP contribution in [0.5, 0.6) is 5.75 Å². The van der Waals surface area contributed by atoms with Crippen LogP contribution in [0, 0.1) is 10.1 Å². The predicted molar refractivity (Wildman–Crippen MR) is 69.5 cm³/mol. The summed E-state index contributed by atoms with van der Waals surface area (Å²) in [6.07, 6.45) is 3.25. The zero-order valence-corrected chi connectivity index (χ0v) is 10.8. The van der Waals surface area contributed by atoms with Crippen LogP contribution in [0.2, 0.25) is 0 Å². The van der Waals surface area contributed by atoms with E-state index in [0.717, 1.165) is 0 Å². The second-order valence-electron chi connectivity index (χ2n) is 3.95. The van der Waals surface area contributed by atoms with Crippen molar-refractivity contribution in [3.63, 3.8) is 0 Å². The van der Waals surface area contributed by atoms with E-state index >= 15 is 0 Å². The third kappa shape index (κ3) is 2.18. The van der Waals surface area contributed by atoms with Gasteiger partial charge >= 0.3 is 5.69 Å². The number of nitro benzene ring substituents is 1. The van der Waals surface area contributed by atoms with Gasteiger partial charge in [0.1, 0.15) is 0 Å². The molecule has 0 N–H and O–H groups in total. The fraction of sp³-hybridized carbons (Fsp3) is 0.0909. The van der Waals surface area contributed by atoms with Crippen LogP contribution in [0.4, 0.5) is 5.69 Å². The molecule has 0 spiro atoms. The van der Waals surface area contributed by atoms with Gasteiger partial charge < -0.3 is 4.74 Å². The monoisotopic (exact) mass is 287 g/mol. The first-order valence-corrected chi connectivity index (χ1v) is 5.82. The molecule has 0 saturated carbocycles. The molecule has 3 aromatic rings. The van der Waals surface area contributed by atoms with Gasteiger partial charge in [0.2, 0.25) is 0 Å². The summed E-state index contributed by atoms with van der Waals surface area (Å²) in [4.78, 5) is 10.5. The molecule has 3 rings (SSSR count). The highest BCUT2D eigenvalue weighted by molar-refractivity contribution is 5.53. The second-order valence-corrected chi connectivity index (χ2v) is 3.95. The van der Waals surface area contributed by atoms with Crippen molar-refractivity contribution in [3.8, 4) is 17.4 Å². The Bertz CT molecular complexity index is 781. The molecule has 0 amide bonds. The zero-order valence-electron chi connectivity index (χ0n) is 10.8. The minimum absolute atomic E-state index is 0.164. The van der Waals surface area contributed by atoms with Gasteiger partial charge in [-0.2, -0.15) is 9.78 Å². The van der Waals surface area contributed by atoms with Crippen LogP contribution in [0.3, 0.4) is 0 Å². The van der Waals surface area contributed by atoms with Gasteiger partial charge in [-0.1, -0.05) is 5.10 Å². The lowest BCUT2D eigenvalue weighted by Gasteiger charge is -2.06. The third-order valence-electron chi connectivity index (χ3n) is 2.77. The molecule has 0 aliphatic rings. The molecule has 10 nitrogen and oxygen atoms in total. The largest absolute Gasteiger partial charge is 0.490 e. The Balaban J connectivity index is 2.12. The highest BCUT2D eigenvalue weighted by Crippen LogP contribution is 2.29. The molecule has 0 radical (unpaired) electrons. The molecule has 0 bridgehead atoms. The number of hydrogen-bond donors (Lipinski definition) is 0. The van der Waals surface area contributed by atoms with E-state index in [9.17, 15) is 10.1 Å². The highest BCUT2D eigenvalue weighted by Gasteiger charge is 2.18. The maximum Gasteiger partial charge on any atom is 0.313 e. The fourth-order valence-corrected chi connectivity index (χ4v) is 1.83. The lowest BCUT2D eigenvalue weighted by Crippen LogP contribution is -2.07. The van der Waals surface area contributed by atoms with Gasteiger partial charge in [0.25, 0.3) is 5.95 Å². The normalized spacial score (nSPS) is 10.5. The first-order chi connectivity index (χ1) is 10.2. The average molecular weight is 287 g/mol. The van der Waals surface area contributed by atoms with E-state index < -0.39 is 4.92 Å². The van der Waals surface area contributed by atoms with Gasteiger partial charge in [-0.05, 0) is 28.6 Å². The van der Waals surface area contributed by atoms with Crippen LogP contribution in [0.1, 0.15) is 0 Å². The lowest BCUT2D eigenvalue weighted by atomic mass is 10.2. The predicted octanol–water partition coefficient (Wildman–Crippen LogP) is 0.765. The van der Waals surface area contributed by atoms with E-state index in [1.807, 2.05) is 0 Å². The summed E-state index contributed by atoms with van der Waals surface area (Å²) < 4.78 is 7.76. The highest BCUT2D eigenvalue weighted by atomic mass is 16.6. The van der Waals surface area contributed by atoms with Gasteiger partial charge in [0, 0.05) is 18.5 Å². The van der Waals surface area contributed by atoms with Crippen molar-refractivity contribution in [3.05, 3.63) is 46.8 Å². The standard InChI is InChI=1S/C11H9N7O3/c1-21-10-4-3-8(7-9(10)18(19)20)17-11(13-14-15-17)16-6-2-5-12-16/h2-7H,1H3. The Hall–Kier alpha value is -3.30. The number of ether oxygens (including phenoxy) is 1. The minimum Gasteiger partial charge on any atom is -0.490 e. The van der Waals surface area contributed by atoms with E-state index in [4.69, 9.17) is 4.74 Å². The lowest BCUT2D eigenvalue weighted by molar-refractivity contribution is -0.385. The molecular formula is C11H9N7O3. The number of tetrazole rings is 1. The quantitative estimate of drug-likeness (QED) is 0.514. The summed E-state index contributed by atoms with van der Waals surface area (Å²) in [5.74, 6) is 0.483. The molecule has 10 heteroatoms. The number of benzene rings is 1. The van der Waals surface area contributed by atoms with Crippen molar-refractivity contribution in [1.29, 1.82) is 0 Å². The molecule has 0 aliphatic carbocycles. The third-order valence-corrected chi connectivity index (χ3v) is 2.77. The van der Waals surface area contributed by atoms with Crippen molar-refractivity contribution < 1.29 is 9.66 Å². The minimum atomic E-state index is -0.528. The molecule has 0 saturated heterocycles. The molecule has 106 valence electrons. The van der Waals surface area contributed by atoms with Crippen molar-refractivity contribution in [2.24, 2.45) is 0 Å². The van der Waals surface area contributed by atoms with Gasteiger partial charge in [-0.3, -0.25) is 10.1 Å². The number of hydrogen-bond acceptors (Lipinski definition) is 7. The van der Waals surface area contributed by atoms with E-state index in [-0.39, 0.29) is 11.4 Å². The fourth-order valence-electron chi connectivity index (χ4n) is 1.83. The molecule has 0 aliphatic heterocycles. The van der Waals surface area contributed by atoms with Crippen LogP contribution in [-0.4, -0.2) is 42.0 Å². The van der Waals surface area contributed by atoms with Gasteiger partial charge in [-0.25, -0.2) is 4.68 Å². The van der Waals surface area contributed by atoms with Gasteiger partial charge in [0.05, 0.1) is 17.7 Å². The summed E-state index contributed by atoms with van der Waals surface area (Å²) in [5, 5.41) is 26.3.